The van der Waals surface area contributed by atoms with Crippen molar-refractivity contribution in [2.24, 2.45) is 0 Å². The molecule has 0 aliphatic rings. The van der Waals surface area contributed by atoms with Crippen molar-refractivity contribution in [3.05, 3.63) is 42.7 Å². The summed E-state index contributed by atoms with van der Waals surface area (Å²) >= 11 is 0. The van der Waals surface area contributed by atoms with Crippen molar-refractivity contribution in [1.82, 2.24) is 9.97 Å². The number of ether oxygens (including phenoxy) is 1. The van der Waals surface area contributed by atoms with Crippen LogP contribution in [0, 0.1) is 0 Å². The van der Waals surface area contributed by atoms with Crippen LogP contribution in [0.15, 0.2) is 42.7 Å². The lowest BCUT2D eigenvalue weighted by molar-refractivity contribution is 0.447. The average Bonchev–Trinajstić information content (AvgIpc) is 2.59. The van der Waals surface area contributed by atoms with E-state index in [2.05, 4.69) is 9.97 Å². The van der Waals surface area contributed by atoms with E-state index in [0.29, 0.717) is 6.01 Å². The highest BCUT2D eigenvalue weighted by Crippen LogP contribution is 2.15. The first-order valence-electron chi connectivity index (χ1n) is 3.67. The standard InChI is InChI=1S/C9H8N2O/c1-2-4-8(5-3-1)12-9-10-6-7-11-9/h1-7H,(H,10,11). The van der Waals surface area contributed by atoms with E-state index in [1.54, 1.807) is 12.4 Å². The Morgan fingerprint density at radius 3 is 2.67 bits per heavy atom. The van der Waals surface area contributed by atoms with Gasteiger partial charge in [0.15, 0.2) is 0 Å². The number of aromatic nitrogens is 2. The number of imidazole rings is 1. The molecule has 0 aliphatic heterocycles. The smallest absolute Gasteiger partial charge is 0.299 e. The number of aromatic amines is 1. The lowest BCUT2D eigenvalue weighted by atomic mass is 10.3. The Morgan fingerprint density at radius 2 is 2.00 bits per heavy atom. The van der Waals surface area contributed by atoms with Gasteiger partial charge in [0, 0.05) is 12.4 Å². The Morgan fingerprint density at radius 1 is 1.17 bits per heavy atom. The number of para-hydroxylation sites is 1. The van der Waals surface area contributed by atoms with E-state index < -0.39 is 0 Å². The Kier molecular flexibility index (Phi) is 1.78. The molecule has 0 bridgehead atoms. The molecule has 0 saturated heterocycles. The molecule has 3 nitrogen and oxygen atoms in total. The summed E-state index contributed by atoms with van der Waals surface area (Å²) in [6, 6.07) is 10.0. The van der Waals surface area contributed by atoms with Crippen molar-refractivity contribution >= 4 is 0 Å². The minimum absolute atomic E-state index is 0.515. The normalized spacial score (nSPS) is 9.67. The van der Waals surface area contributed by atoms with E-state index in [-0.39, 0.29) is 0 Å². The number of hydrogen-bond donors (Lipinski definition) is 1. The van der Waals surface area contributed by atoms with Gasteiger partial charge in [0.1, 0.15) is 5.75 Å². The van der Waals surface area contributed by atoms with Crippen LogP contribution < -0.4 is 4.74 Å². The fraction of sp³-hybridized carbons (Fsp3) is 0. The van der Waals surface area contributed by atoms with Crippen molar-refractivity contribution in [2.75, 3.05) is 0 Å². The van der Waals surface area contributed by atoms with Crippen molar-refractivity contribution in [1.29, 1.82) is 0 Å². The second kappa shape index (κ2) is 3.09. The average molecular weight is 160 g/mol. The highest BCUT2D eigenvalue weighted by atomic mass is 16.5. The van der Waals surface area contributed by atoms with Gasteiger partial charge in [-0.3, -0.25) is 0 Å². The summed E-state index contributed by atoms with van der Waals surface area (Å²) < 4.78 is 5.35. The third-order valence-electron chi connectivity index (χ3n) is 1.43. The SMILES string of the molecule is c1ccc(Oc2ncc[nH]2)cc1. The van der Waals surface area contributed by atoms with Crippen LogP contribution in [-0.2, 0) is 0 Å². The zero-order valence-electron chi connectivity index (χ0n) is 6.40. The zero-order chi connectivity index (χ0) is 8.23. The molecule has 1 N–H and O–H groups in total. The maximum Gasteiger partial charge on any atom is 0.299 e. The number of nitrogens with zero attached hydrogens (tertiary/aromatic N) is 1. The fourth-order valence-electron chi connectivity index (χ4n) is 0.907. The monoisotopic (exact) mass is 160 g/mol. The van der Waals surface area contributed by atoms with Gasteiger partial charge in [-0.25, -0.2) is 4.98 Å². The van der Waals surface area contributed by atoms with Gasteiger partial charge in [0.2, 0.25) is 0 Å². The van der Waals surface area contributed by atoms with Crippen LogP contribution in [-0.4, -0.2) is 9.97 Å². The molecular formula is C9H8N2O. The van der Waals surface area contributed by atoms with Gasteiger partial charge in [0.25, 0.3) is 6.01 Å². The maximum atomic E-state index is 5.35. The number of nitrogens with one attached hydrogen (secondary N) is 1. The zero-order valence-corrected chi connectivity index (χ0v) is 6.40. The molecule has 12 heavy (non-hydrogen) atoms. The quantitative estimate of drug-likeness (QED) is 0.731. The molecule has 0 amide bonds. The Bertz CT molecular complexity index is 329. The van der Waals surface area contributed by atoms with Crippen molar-refractivity contribution in [3.63, 3.8) is 0 Å². The highest BCUT2D eigenvalue weighted by molar-refractivity contribution is 5.23. The molecule has 0 unspecified atom stereocenters. The maximum absolute atomic E-state index is 5.35. The minimum Gasteiger partial charge on any atom is -0.426 e. The molecule has 0 atom stereocenters. The third-order valence-corrected chi connectivity index (χ3v) is 1.43. The second-order valence-corrected chi connectivity index (χ2v) is 2.31. The van der Waals surface area contributed by atoms with Gasteiger partial charge < -0.3 is 9.72 Å². The predicted molar refractivity (Wildman–Crippen MR) is 45.1 cm³/mol. The van der Waals surface area contributed by atoms with Gasteiger partial charge in [-0.05, 0) is 12.1 Å². The highest BCUT2D eigenvalue weighted by Gasteiger charge is 1.95. The topological polar surface area (TPSA) is 37.9 Å². The lowest BCUT2D eigenvalue weighted by Gasteiger charge is -1.99. The Hall–Kier alpha value is -1.77. The van der Waals surface area contributed by atoms with Crippen LogP contribution in [0.5, 0.6) is 11.8 Å². The van der Waals surface area contributed by atoms with Crippen LogP contribution in [0.2, 0.25) is 0 Å². The molecule has 2 rings (SSSR count). The molecule has 0 spiro atoms. The van der Waals surface area contributed by atoms with E-state index in [0.717, 1.165) is 5.75 Å². The molecule has 0 saturated carbocycles. The van der Waals surface area contributed by atoms with E-state index in [9.17, 15) is 0 Å². The molecule has 0 radical (unpaired) electrons. The first-order valence-corrected chi connectivity index (χ1v) is 3.67. The second-order valence-electron chi connectivity index (χ2n) is 2.31. The van der Waals surface area contributed by atoms with Gasteiger partial charge in [-0.15, -0.1) is 0 Å². The molecule has 1 aromatic carbocycles. The summed E-state index contributed by atoms with van der Waals surface area (Å²) in [4.78, 5) is 6.79. The largest absolute Gasteiger partial charge is 0.426 e. The van der Waals surface area contributed by atoms with Crippen molar-refractivity contribution < 1.29 is 4.74 Å². The van der Waals surface area contributed by atoms with E-state index >= 15 is 0 Å². The number of H-pyrrole nitrogens is 1. The first kappa shape index (κ1) is 6.91. The van der Waals surface area contributed by atoms with E-state index in [4.69, 9.17) is 4.74 Å². The summed E-state index contributed by atoms with van der Waals surface area (Å²) in [5.74, 6) is 0.785. The lowest BCUT2D eigenvalue weighted by Crippen LogP contribution is -1.84. The molecule has 2 aromatic rings. The van der Waals surface area contributed by atoms with Gasteiger partial charge in [-0.2, -0.15) is 0 Å². The van der Waals surface area contributed by atoms with Gasteiger partial charge in [-0.1, -0.05) is 18.2 Å². The molecule has 3 heteroatoms. The molecule has 0 aliphatic carbocycles. The van der Waals surface area contributed by atoms with Crippen molar-refractivity contribution in [2.45, 2.75) is 0 Å². The molecule has 1 heterocycles. The number of benzene rings is 1. The minimum atomic E-state index is 0.515. The summed E-state index contributed by atoms with van der Waals surface area (Å²) in [6.07, 6.45) is 3.37. The van der Waals surface area contributed by atoms with Crippen molar-refractivity contribution in [3.8, 4) is 11.8 Å². The summed E-state index contributed by atoms with van der Waals surface area (Å²) in [6.45, 7) is 0. The molecule has 60 valence electrons. The molecular weight excluding hydrogens is 152 g/mol. The van der Waals surface area contributed by atoms with E-state index in [1.165, 1.54) is 0 Å². The first-order chi connectivity index (χ1) is 5.95. The Labute approximate surface area is 70.0 Å². The summed E-state index contributed by atoms with van der Waals surface area (Å²) in [5, 5.41) is 0. The molecule has 1 aromatic heterocycles. The van der Waals surface area contributed by atoms with Gasteiger partial charge >= 0.3 is 0 Å². The van der Waals surface area contributed by atoms with Gasteiger partial charge in [0.05, 0.1) is 0 Å². The van der Waals surface area contributed by atoms with Crippen LogP contribution in [0.1, 0.15) is 0 Å². The number of hydrogen-bond acceptors (Lipinski definition) is 2. The summed E-state index contributed by atoms with van der Waals surface area (Å²) in [7, 11) is 0. The van der Waals surface area contributed by atoms with E-state index in [1.807, 2.05) is 30.3 Å². The summed E-state index contributed by atoms with van der Waals surface area (Å²) in [5.41, 5.74) is 0. The third kappa shape index (κ3) is 1.45. The van der Waals surface area contributed by atoms with Crippen LogP contribution >= 0.6 is 0 Å². The number of rotatable bonds is 2. The molecule has 0 fully saturated rings. The van der Waals surface area contributed by atoms with Crippen LogP contribution in [0.3, 0.4) is 0 Å². The van der Waals surface area contributed by atoms with Crippen LogP contribution in [0.25, 0.3) is 0 Å². The van der Waals surface area contributed by atoms with Crippen LogP contribution in [0.4, 0.5) is 0 Å². The fourth-order valence-corrected chi connectivity index (χ4v) is 0.907. The predicted octanol–water partition coefficient (Wildman–Crippen LogP) is 2.20. The Balaban J connectivity index is 2.15.